The number of benzene rings is 1. The van der Waals surface area contributed by atoms with Crippen molar-refractivity contribution >= 4 is 23.2 Å². The number of hydrogen-bond acceptors (Lipinski definition) is 3. The molecule has 124 valence electrons. The van der Waals surface area contributed by atoms with Crippen molar-refractivity contribution < 1.29 is 31.1 Å². The molecule has 0 atom stereocenters. The van der Waals surface area contributed by atoms with Crippen molar-refractivity contribution in [3.8, 4) is 11.4 Å². The van der Waals surface area contributed by atoms with Crippen LogP contribution in [0.3, 0.4) is 0 Å². The summed E-state index contributed by atoms with van der Waals surface area (Å²) in [5.74, 6) is -0.108. The van der Waals surface area contributed by atoms with Crippen molar-refractivity contribution in [1.29, 1.82) is 0 Å². The third-order valence-electron chi connectivity index (χ3n) is 4.07. The van der Waals surface area contributed by atoms with E-state index in [9.17, 15) is 9.59 Å². The fourth-order valence-corrected chi connectivity index (χ4v) is 3.06. The van der Waals surface area contributed by atoms with E-state index in [1.807, 2.05) is 0 Å². The summed E-state index contributed by atoms with van der Waals surface area (Å²) in [6, 6.07) is 13.8. The van der Waals surface area contributed by atoms with E-state index in [2.05, 4.69) is 4.98 Å². The van der Waals surface area contributed by atoms with E-state index < -0.39 is 0 Å². The molecule has 25 heavy (non-hydrogen) atoms. The van der Waals surface area contributed by atoms with Crippen molar-refractivity contribution in [2.24, 2.45) is 0 Å². The maximum absolute atomic E-state index is 12.5. The van der Waals surface area contributed by atoms with Gasteiger partial charge in [-0.2, -0.15) is 4.57 Å². The quantitative estimate of drug-likeness (QED) is 0.353. The van der Waals surface area contributed by atoms with E-state index in [-0.39, 0.29) is 35.1 Å². The Balaban J connectivity index is 0.00000182. The van der Waals surface area contributed by atoms with Crippen molar-refractivity contribution in [1.82, 2.24) is 4.98 Å². The number of pyridine rings is 2. The number of halogens is 2. The average Bonchev–Trinajstić information content (AvgIpc) is 2.90. The van der Waals surface area contributed by atoms with Crippen molar-refractivity contribution in [3.05, 3.63) is 82.6 Å². The first-order valence-electron chi connectivity index (χ1n) is 7.46. The number of fused-ring (bicyclic) bond motifs is 3. The van der Waals surface area contributed by atoms with E-state index >= 15 is 0 Å². The highest BCUT2D eigenvalue weighted by Crippen LogP contribution is 2.31. The highest BCUT2D eigenvalue weighted by molar-refractivity contribution is 6.30. The van der Waals surface area contributed by atoms with Gasteiger partial charge < -0.3 is 17.0 Å². The van der Waals surface area contributed by atoms with E-state index in [0.29, 0.717) is 33.1 Å². The van der Waals surface area contributed by atoms with Gasteiger partial charge in [-0.25, -0.2) is 4.98 Å². The average molecular weight is 416 g/mol. The van der Waals surface area contributed by atoms with Crippen LogP contribution in [0.2, 0.25) is 5.02 Å². The largest absolute Gasteiger partial charge is 1.00 e. The zero-order valence-corrected chi connectivity index (χ0v) is 15.3. The van der Waals surface area contributed by atoms with Crippen molar-refractivity contribution in [2.45, 2.75) is 6.54 Å². The van der Waals surface area contributed by atoms with Gasteiger partial charge in [-0.1, -0.05) is 11.6 Å². The normalized spacial score (nSPS) is 11.5. The molecule has 3 aromatic rings. The summed E-state index contributed by atoms with van der Waals surface area (Å²) in [5.41, 5.74) is 3.05. The SMILES string of the molecule is O=C(C[n+]1cccc2c1-c1ncccc1C2=O)c1ccc(Cl)cc1.[Br-]. The molecule has 0 saturated carbocycles. The van der Waals surface area contributed by atoms with Gasteiger partial charge in [0.2, 0.25) is 23.8 Å². The molecule has 0 fully saturated rings. The lowest BCUT2D eigenvalue weighted by Gasteiger charge is -2.03. The van der Waals surface area contributed by atoms with Gasteiger partial charge in [-0.15, -0.1) is 0 Å². The fourth-order valence-electron chi connectivity index (χ4n) is 2.93. The lowest BCUT2D eigenvalue weighted by molar-refractivity contribution is -0.672. The Kier molecular flexibility index (Phi) is 4.79. The van der Waals surface area contributed by atoms with Crippen LogP contribution in [0.25, 0.3) is 11.4 Å². The van der Waals surface area contributed by atoms with Crippen molar-refractivity contribution in [3.63, 3.8) is 0 Å². The lowest BCUT2D eigenvalue weighted by atomic mass is 10.1. The number of Topliss-reactive ketones (excluding diaryl/α,β-unsaturated/α-hetero) is 1. The summed E-state index contributed by atoms with van der Waals surface area (Å²) in [6.07, 6.45) is 3.45. The number of hydrogen-bond donors (Lipinski definition) is 0. The third-order valence-corrected chi connectivity index (χ3v) is 4.32. The molecule has 0 spiro atoms. The topological polar surface area (TPSA) is 50.9 Å². The fraction of sp³-hybridized carbons (Fsp3) is 0.0526. The van der Waals surface area contributed by atoms with Gasteiger partial charge in [0.05, 0.1) is 11.1 Å². The second kappa shape index (κ2) is 6.86. The minimum Gasteiger partial charge on any atom is -1.00 e. The maximum atomic E-state index is 12.5. The minimum absolute atomic E-state index is 0. The van der Waals surface area contributed by atoms with Crippen LogP contribution >= 0.6 is 11.6 Å². The first kappa shape index (κ1) is 17.5. The smallest absolute Gasteiger partial charge is 0.243 e. The number of aromatic nitrogens is 2. The van der Waals surface area contributed by atoms with Crippen LogP contribution in [-0.4, -0.2) is 16.6 Å². The molecule has 1 aliphatic carbocycles. The lowest BCUT2D eigenvalue weighted by Crippen LogP contribution is -3.00. The number of rotatable bonds is 3. The summed E-state index contributed by atoms with van der Waals surface area (Å²) in [5, 5.41) is 0.587. The van der Waals surface area contributed by atoms with Crippen LogP contribution in [0.5, 0.6) is 0 Å². The van der Waals surface area contributed by atoms with Crippen LogP contribution in [-0.2, 0) is 6.54 Å². The van der Waals surface area contributed by atoms with Gasteiger partial charge >= 0.3 is 0 Å². The highest BCUT2D eigenvalue weighted by Gasteiger charge is 2.36. The number of carbonyl (C=O) groups excluding carboxylic acids is 2. The second-order valence-electron chi connectivity index (χ2n) is 5.56. The second-order valence-corrected chi connectivity index (χ2v) is 5.99. The molecule has 0 aliphatic heterocycles. The molecule has 0 bridgehead atoms. The summed E-state index contributed by atoms with van der Waals surface area (Å²) >= 11 is 5.86. The molecule has 1 aliphatic rings. The zero-order valence-electron chi connectivity index (χ0n) is 12.9. The van der Waals surface area contributed by atoms with Crippen LogP contribution in [0.15, 0.2) is 60.9 Å². The van der Waals surface area contributed by atoms with Gasteiger partial charge in [0.25, 0.3) is 0 Å². The molecule has 4 rings (SSSR count). The predicted octanol–water partition coefficient (Wildman–Crippen LogP) is 0.121. The van der Waals surface area contributed by atoms with Gasteiger partial charge in [0.15, 0.2) is 6.20 Å². The first-order chi connectivity index (χ1) is 11.6. The molecule has 0 amide bonds. The predicted molar refractivity (Wildman–Crippen MR) is 89.1 cm³/mol. The van der Waals surface area contributed by atoms with Crippen molar-refractivity contribution in [2.75, 3.05) is 0 Å². The van der Waals surface area contributed by atoms with Gasteiger partial charge in [-0.3, -0.25) is 9.59 Å². The van der Waals surface area contributed by atoms with Crippen LogP contribution < -0.4 is 21.5 Å². The minimum atomic E-state index is -0.0543. The molecule has 1 aromatic carbocycles. The molecule has 6 heteroatoms. The Morgan fingerprint density at radius 3 is 2.52 bits per heavy atom. The molecule has 2 heterocycles. The molecular weight excluding hydrogens is 404 g/mol. The molecule has 0 radical (unpaired) electrons. The first-order valence-corrected chi connectivity index (χ1v) is 7.84. The molecule has 0 saturated heterocycles. The zero-order chi connectivity index (χ0) is 16.7. The van der Waals surface area contributed by atoms with Crippen LogP contribution in [0.4, 0.5) is 0 Å². The maximum Gasteiger partial charge on any atom is 0.243 e. The molecule has 2 aromatic heterocycles. The highest BCUT2D eigenvalue weighted by atomic mass is 79.9. The molecule has 0 unspecified atom stereocenters. The van der Waals surface area contributed by atoms with Crippen LogP contribution in [0.1, 0.15) is 26.3 Å². The molecular formula is C19H12BrClN2O2. The summed E-state index contributed by atoms with van der Waals surface area (Å²) in [7, 11) is 0. The van der Waals surface area contributed by atoms with E-state index in [4.69, 9.17) is 11.6 Å². The Hall–Kier alpha value is -2.37. The molecule has 0 N–H and O–H groups in total. The number of nitrogens with zero attached hydrogens (tertiary/aromatic N) is 2. The summed E-state index contributed by atoms with van der Waals surface area (Å²) < 4.78 is 1.78. The summed E-state index contributed by atoms with van der Waals surface area (Å²) in [6.45, 7) is 0.133. The van der Waals surface area contributed by atoms with Gasteiger partial charge in [-0.05, 0) is 42.5 Å². The van der Waals surface area contributed by atoms with Crippen LogP contribution in [0, 0.1) is 0 Å². The number of ketones is 2. The monoisotopic (exact) mass is 414 g/mol. The molecule has 4 nitrogen and oxygen atoms in total. The third kappa shape index (κ3) is 3.01. The van der Waals surface area contributed by atoms with E-state index in [0.717, 1.165) is 0 Å². The standard InChI is InChI=1S/C19H12ClN2O2.BrH/c20-13-7-5-12(6-8-13)16(23)11-22-10-2-4-15-18(22)17-14(19(15)24)3-1-9-21-17;/h1-10H,11H2;1H/q+1;/p-1. The Morgan fingerprint density at radius 2 is 1.76 bits per heavy atom. The Labute approximate surface area is 159 Å². The van der Waals surface area contributed by atoms with Gasteiger partial charge in [0, 0.05) is 22.8 Å². The van der Waals surface area contributed by atoms with E-state index in [1.54, 1.807) is 65.5 Å². The number of carbonyl (C=O) groups is 2. The summed E-state index contributed by atoms with van der Waals surface area (Å²) in [4.78, 5) is 29.4. The van der Waals surface area contributed by atoms with Gasteiger partial charge in [0.1, 0.15) is 5.69 Å². The Morgan fingerprint density at radius 1 is 1.04 bits per heavy atom. The Bertz CT molecular complexity index is 987. The van der Waals surface area contributed by atoms with E-state index in [1.165, 1.54) is 0 Å².